The van der Waals surface area contributed by atoms with Crippen molar-refractivity contribution in [3.63, 3.8) is 0 Å². The van der Waals surface area contributed by atoms with Crippen molar-refractivity contribution in [3.8, 4) is 0 Å². The van der Waals surface area contributed by atoms with Crippen molar-refractivity contribution in [2.75, 3.05) is 33.3 Å². The fraction of sp³-hybridized carbons (Fsp3) is 0.867. The van der Waals surface area contributed by atoms with Crippen LogP contribution in [0.25, 0.3) is 0 Å². The highest BCUT2D eigenvalue weighted by Crippen LogP contribution is 2.24. The lowest BCUT2D eigenvalue weighted by Gasteiger charge is -2.48. The number of amides is 1. The van der Waals surface area contributed by atoms with E-state index in [0.29, 0.717) is 18.6 Å². The molecule has 6 nitrogen and oxygen atoms in total. The quantitative estimate of drug-likeness (QED) is 0.752. The van der Waals surface area contributed by atoms with Crippen LogP contribution in [0, 0.1) is 0 Å². The number of esters is 1. The summed E-state index contributed by atoms with van der Waals surface area (Å²) in [7, 11) is 1.36. The summed E-state index contributed by atoms with van der Waals surface area (Å²) in [5.74, 6) is -0.571. The third-order valence-electron chi connectivity index (χ3n) is 4.60. The number of carbonyl (C=O) groups excluding carboxylic acids is 2. The molecule has 2 aliphatic rings. The average molecular weight is 297 g/mol. The number of fused-ring (bicyclic) bond motifs is 1. The molecule has 0 saturated carbocycles. The van der Waals surface area contributed by atoms with Gasteiger partial charge < -0.3 is 10.1 Å². The molecule has 0 aromatic rings. The lowest BCUT2D eigenvalue weighted by Crippen LogP contribution is -2.61. The second-order valence-electron chi connectivity index (χ2n) is 6.22. The lowest BCUT2D eigenvalue weighted by molar-refractivity contribution is -0.146. The Labute approximate surface area is 126 Å². The Morgan fingerprint density at radius 2 is 2.10 bits per heavy atom. The molecule has 0 aromatic heterocycles. The summed E-state index contributed by atoms with van der Waals surface area (Å²) in [6.07, 6.45) is 3.81. The predicted octanol–water partition coefficient (Wildman–Crippen LogP) is 0.223. The molecule has 2 saturated heterocycles. The predicted molar refractivity (Wildman–Crippen MR) is 79.9 cm³/mol. The van der Waals surface area contributed by atoms with Crippen LogP contribution in [0.15, 0.2) is 0 Å². The number of methoxy groups -OCH3 is 1. The van der Waals surface area contributed by atoms with Crippen molar-refractivity contribution < 1.29 is 14.3 Å². The summed E-state index contributed by atoms with van der Waals surface area (Å²) in [5.41, 5.74) is 0. The number of nitrogens with one attached hydrogen (secondary N) is 1. The van der Waals surface area contributed by atoms with E-state index in [-0.39, 0.29) is 11.9 Å². The Morgan fingerprint density at radius 3 is 2.76 bits per heavy atom. The van der Waals surface area contributed by atoms with E-state index < -0.39 is 6.04 Å². The van der Waals surface area contributed by atoms with Crippen LogP contribution in [0.2, 0.25) is 0 Å². The van der Waals surface area contributed by atoms with Crippen LogP contribution in [0.3, 0.4) is 0 Å². The topological polar surface area (TPSA) is 61.9 Å². The summed E-state index contributed by atoms with van der Waals surface area (Å²) in [6.45, 7) is 7.34. The Bertz CT molecular complexity index is 388. The molecule has 2 heterocycles. The molecule has 2 fully saturated rings. The van der Waals surface area contributed by atoms with E-state index in [1.165, 1.54) is 39.8 Å². The maximum atomic E-state index is 11.8. The van der Waals surface area contributed by atoms with Gasteiger partial charge in [0, 0.05) is 38.6 Å². The van der Waals surface area contributed by atoms with Crippen molar-refractivity contribution in [2.24, 2.45) is 0 Å². The zero-order chi connectivity index (χ0) is 15.4. The highest BCUT2D eigenvalue weighted by molar-refractivity contribution is 5.83. The molecule has 1 N–H and O–H groups in total. The Balaban J connectivity index is 1.98. The van der Waals surface area contributed by atoms with Gasteiger partial charge in [0.15, 0.2) is 0 Å². The number of piperazine rings is 1. The summed E-state index contributed by atoms with van der Waals surface area (Å²) in [6, 6.07) is 0.399. The first-order valence-electron chi connectivity index (χ1n) is 7.84. The molecule has 21 heavy (non-hydrogen) atoms. The van der Waals surface area contributed by atoms with Gasteiger partial charge in [-0.15, -0.1) is 0 Å². The molecule has 3 atom stereocenters. The van der Waals surface area contributed by atoms with Crippen molar-refractivity contribution in [3.05, 3.63) is 0 Å². The Kier molecular flexibility index (Phi) is 5.58. The van der Waals surface area contributed by atoms with E-state index in [1.54, 1.807) is 0 Å². The molecule has 1 amide bonds. The number of hydrogen-bond acceptors (Lipinski definition) is 5. The zero-order valence-corrected chi connectivity index (χ0v) is 13.3. The Morgan fingerprint density at radius 1 is 1.33 bits per heavy atom. The molecule has 6 heteroatoms. The standard InChI is InChI=1S/C15H27N3O3/c1-11-8-17-7-5-4-6-13(17)9-18(11)10-14(15(20)21-3)16-12(2)19/h11,13-14H,4-10H2,1-3H3,(H,16,19). The largest absolute Gasteiger partial charge is 0.467 e. The fourth-order valence-corrected chi connectivity index (χ4v) is 3.47. The monoisotopic (exact) mass is 297 g/mol. The second kappa shape index (κ2) is 7.22. The summed E-state index contributed by atoms with van der Waals surface area (Å²) in [4.78, 5) is 28.0. The van der Waals surface area contributed by atoms with Gasteiger partial charge in [0.1, 0.15) is 6.04 Å². The minimum absolute atomic E-state index is 0.200. The van der Waals surface area contributed by atoms with Crippen LogP contribution >= 0.6 is 0 Å². The molecular weight excluding hydrogens is 270 g/mol. The molecule has 120 valence electrons. The summed E-state index contributed by atoms with van der Waals surface area (Å²) in [5, 5.41) is 2.70. The van der Waals surface area contributed by atoms with Gasteiger partial charge in [0.2, 0.25) is 5.91 Å². The van der Waals surface area contributed by atoms with Crippen molar-refractivity contribution in [2.45, 2.75) is 51.2 Å². The van der Waals surface area contributed by atoms with Gasteiger partial charge in [0.05, 0.1) is 7.11 Å². The van der Waals surface area contributed by atoms with Crippen molar-refractivity contribution in [1.82, 2.24) is 15.1 Å². The van der Waals surface area contributed by atoms with Crippen molar-refractivity contribution >= 4 is 11.9 Å². The van der Waals surface area contributed by atoms with E-state index in [1.807, 2.05) is 0 Å². The molecule has 0 aromatic carbocycles. The molecule has 0 spiro atoms. The molecule has 3 unspecified atom stereocenters. The number of hydrogen-bond donors (Lipinski definition) is 1. The second-order valence-corrected chi connectivity index (χ2v) is 6.22. The normalized spacial score (nSPS) is 28.5. The molecule has 2 aliphatic heterocycles. The minimum Gasteiger partial charge on any atom is -0.467 e. The number of ether oxygens (including phenoxy) is 1. The number of carbonyl (C=O) groups is 2. The smallest absolute Gasteiger partial charge is 0.329 e. The van der Waals surface area contributed by atoms with E-state index in [2.05, 4.69) is 22.0 Å². The van der Waals surface area contributed by atoms with E-state index >= 15 is 0 Å². The third-order valence-corrected chi connectivity index (χ3v) is 4.60. The molecule has 0 bridgehead atoms. The van der Waals surface area contributed by atoms with Gasteiger partial charge in [-0.05, 0) is 26.3 Å². The van der Waals surface area contributed by atoms with Gasteiger partial charge in [-0.2, -0.15) is 0 Å². The fourth-order valence-electron chi connectivity index (χ4n) is 3.47. The SMILES string of the molecule is COC(=O)C(CN1CC2CCCCN2CC1C)NC(C)=O. The highest BCUT2D eigenvalue weighted by Gasteiger charge is 2.35. The summed E-state index contributed by atoms with van der Waals surface area (Å²) >= 11 is 0. The first-order chi connectivity index (χ1) is 10.0. The number of nitrogens with zero attached hydrogens (tertiary/aromatic N) is 2. The lowest BCUT2D eigenvalue weighted by atomic mass is 9.97. The minimum atomic E-state index is -0.579. The molecule has 0 aliphatic carbocycles. The van der Waals surface area contributed by atoms with Gasteiger partial charge in [-0.1, -0.05) is 6.42 Å². The van der Waals surface area contributed by atoms with Crippen LogP contribution < -0.4 is 5.32 Å². The van der Waals surface area contributed by atoms with Crippen LogP contribution in [0.5, 0.6) is 0 Å². The van der Waals surface area contributed by atoms with E-state index in [9.17, 15) is 9.59 Å². The highest BCUT2D eigenvalue weighted by atomic mass is 16.5. The van der Waals surface area contributed by atoms with Crippen molar-refractivity contribution in [1.29, 1.82) is 0 Å². The first-order valence-corrected chi connectivity index (χ1v) is 7.84. The maximum Gasteiger partial charge on any atom is 0.329 e. The third kappa shape index (κ3) is 4.17. The summed E-state index contributed by atoms with van der Waals surface area (Å²) < 4.78 is 4.81. The first kappa shape index (κ1) is 16.2. The molecule has 2 rings (SSSR count). The van der Waals surface area contributed by atoms with Gasteiger partial charge in [-0.25, -0.2) is 4.79 Å². The number of rotatable bonds is 4. The maximum absolute atomic E-state index is 11.8. The number of piperidine rings is 1. The zero-order valence-electron chi connectivity index (χ0n) is 13.3. The van der Waals surface area contributed by atoms with Crippen LogP contribution in [0.1, 0.15) is 33.1 Å². The van der Waals surface area contributed by atoms with Crippen LogP contribution in [0.4, 0.5) is 0 Å². The van der Waals surface area contributed by atoms with Crippen LogP contribution in [-0.2, 0) is 14.3 Å². The van der Waals surface area contributed by atoms with Gasteiger partial charge in [0.25, 0.3) is 0 Å². The van der Waals surface area contributed by atoms with Gasteiger partial charge in [-0.3, -0.25) is 14.6 Å². The molecular formula is C15H27N3O3. The Hall–Kier alpha value is -1.14. The van der Waals surface area contributed by atoms with Gasteiger partial charge >= 0.3 is 5.97 Å². The average Bonchev–Trinajstić information content (AvgIpc) is 2.46. The molecule has 0 radical (unpaired) electrons. The van der Waals surface area contributed by atoms with E-state index in [0.717, 1.165) is 13.1 Å². The van der Waals surface area contributed by atoms with Crippen LogP contribution in [-0.4, -0.2) is 73.1 Å². The van der Waals surface area contributed by atoms with E-state index in [4.69, 9.17) is 4.74 Å².